The van der Waals surface area contributed by atoms with Crippen LogP contribution in [0.4, 0.5) is 0 Å². The molecule has 2 heterocycles. The van der Waals surface area contributed by atoms with Crippen LogP contribution in [0.1, 0.15) is 32.1 Å². The van der Waals surface area contributed by atoms with Gasteiger partial charge in [0.15, 0.2) is 0 Å². The van der Waals surface area contributed by atoms with E-state index in [-0.39, 0.29) is 0 Å². The van der Waals surface area contributed by atoms with E-state index in [1.807, 2.05) is 0 Å². The molecule has 0 bridgehead atoms. The molecule has 4 rings (SSSR count). The average molecular weight is 268 g/mol. The molecule has 2 saturated carbocycles. The SMILES string of the molecule is C1CC2CC(OCC3CO3)CC2CC1OCC1CO1. The molecule has 4 heteroatoms. The zero-order chi connectivity index (χ0) is 12.7. The van der Waals surface area contributed by atoms with Crippen LogP contribution in [0.25, 0.3) is 0 Å². The summed E-state index contributed by atoms with van der Waals surface area (Å²) in [4.78, 5) is 0. The van der Waals surface area contributed by atoms with Crippen molar-refractivity contribution in [1.29, 1.82) is 0 Å². The highest BCUT2D eigenvalue weighted by Gasteiger charge is 2.40. The second-order valence-electron chi connectivity index (χ2n) is 6.63. The van der Waals surface area contributed by atoms with Gasteiger partial charge in [0, 0.05) is 0 Å². The van der Waals surface area contributed by atoms with E-state index in [9.17, 15) is 0 Å². The fourth-order valence-corrected chi connectivity index (χ4v) is 3.76. The Morgan fingerprint density at radius 2 is 1.32 bits per heavy atom. The highest BCUT2D eigenvalue weighted by molar-refractivity contribution is 4.90. The number of rotatable bonds is 6. The summed E-state index contributed by atoms with van der Waals surface area (Å²) in [5.41, 5.74) is 0. The summed E-state index contributed by atoms with van der Waals surface area (Å²) in [5.74, 6) is 1.70. The van der Waals surface area contributed by atoms with Gasteiger partial charge in [-0.2, -0.15) is 0 Å². The zero-order valence-electron chi connectivity index (χ0n) is 11.5. The molecule has 4 fully saturated rings. The maximum Gasteiger partial charge on any atom is 0.104 e. The van der Waals surface area contributed by atoms with Crippen molar-refractivity contribution in [3.63, 3.8) is 0 Å². The van der Waals surface area contributed by atoms with Crippen molar-refractivity contribution >= 4 is 0 Å². The minimum absolute atomic E-state index is 0.399. The minimum Gasteiger partial charge on any atom is -0.375 e. The molecule has 2 aliphatic carbocycles. The topological polar surface area (TPSA) is 43.5 Å². The van der Waals surface area contributed by atoms with Crippen LogP contribution in [0.5, 0.6) is 0 Å². The van der Waals surface area contributed by atoms with E-state index in [0.717, 1.165) is 38.3 Å². The highest BCUT2D eigenvalue weighted by Crippen LogP contribution is 2.44. The lowest BCUT2D eigenvalue weighted by Gasteiger charge is -2.31. The summed E-state index contributed by atoms with van der Waals surface area (Å²) in [6.07, 6.45) is 8.02. The molecule has 19 heavy (non-hydrogen) atoms. The van der Waals surface area contributed by atoms with E-state index < -0.39 is 0 Å². The lowest BCUT2D eigenvalue weighted by molar-refractivity contribution is -0.00436. The molecule has 0 aromatic carbocycles. The normalized spacial score (nSPS) is 48.0. The predicted molar refractivity (Wildman–Crippen MR) is 69.0 cm³/mol. The first-order valence-electron chi connectivity index (χ1n) is 7.83. The molecular formula is C15H24O4. The second-order valence-corrected chi connectivity index (χ2v) is 6.63. The molecule has 0 N–H and O–H groups in total. The molecule has 0 aromatic heterocycles. The number of hydrogen-bond donors (Lipinski definition) is 0. The fraction of sp³-hybridized carbons (Fsp3) is 1.00. The van der Waals surface area contributed by atoms with E-state index in [1.165, 1.54) is 32.1 Å². The van der Waals surface area contributed by atoms with Crippen LogP contribution in [0, 0.1) is 11.8 Å². The number of hydrogen-bond acceptors (Lipinski definition) is 4. The van der Waals surface area contributed by atoms with Crippen molar-refractivity contribution in [2.45, 2.75) is 56.5 Å². The van der Waals surface area contributed by atoms with E-state index in [2.05, 4.69) is 0 Å². The Morgan fingerprint density at radius 1 is 0.737 bits per heavy atom. The van der Waals surface area contributed by atoms with Gasteiger partial charge < -0.3 is 18.9 Å². The third-order valence-corrected chi connectivity index (χ3v) is 5.06. The number of fused-ring (bicyclic) bond motifs is 1. The van der Waals surface area contributed by atoms with Gasteiger partial charge in [0.1, 0.15) is 12.2 Å². The van der Waals surface area contributed by atoms with Crippen LogP contribution in [-0.4, -0.2) is 50.8 Å². The fourth-order valence-electron chi connectivity index (χ4n) is 3.76. The molecule has 0 aromatic rings. The second kappa shape index (κ2) is 5.32. The van der Waals surface area contributed by atoms with Gasteiger partial charge in [0.2, 0.25) is 0 Å². The van der Waals surface area contributed by atoms with Crippen molar-refractivity contribution in [3.8, 4) is 0 Å². The quantitative estimate of drug-likeness (QED) is 0.689. The van der Waals surface area contributed by atoms with E-state index in [1.54, 1.807) is 0 Å². The average Bonchev–Trinajstić information content (AvgIpc) is 3.32. The van der Waals surface area contributed by atoms with Crippen LogP contribution in [-0.2, 0) is 18.9 Å². The van der Waals surface area contributed by atoms with Gasteiger partial charge in [-0.25, -0.2) is 0 Å². The molecule has 0 amide bonds. The Bertz CT molecular complexity index is 299. The first-order chi connectivity index (χ1) is 9.37. The Kier molecular flexibility index (Phi) is 3.52. The van der Waals surface area contributed by atoms with Crippen molar-refractivity contribution in [1.82, 2.24) is 0 Å². The third kappa shape index (κ3) is 3.30. The summed E-state index contributed by atoms with van der Waals surface area (Å²) >= 11 is 0. The van der Waals surface area contributed by atoms with E-state index in [0.29, 0.717) is 24.4 Å². The summed E-state index contributed by atoms with van der Waals surface area (Å²) in [6.45, 7) is 3.42. The summed E-state index contributed by atoms with van der Waals surface area (Å²) in [7, 11) is 0. The molecule has 6 unspecified atom stereocenters. The number of epoxide rings is 2. The van der Waals surface area contributed by atoms with Gasteiger partial charge in [-0.3, -0.25) is 0 Å². The van der Waals surface area contributed by atoms with Crippen molar-refractivity contribution < 1.29 is 18.9 Å². The molecule has 4 aliphatic rings. The van der Waals surface area contributed by atoms with Gasteiger partial charge >= 0.3 is 0 Å². The van der Waals surface area contributed by atoms with Gasteiger partial charge in [0.05, 0.1) is 38.6 Å². The Labute approximate surface area is 114 Å². The van der Waals surface area contributed by atoms with Gasteiger partial charge in [-0.1, -0.05) is 0 Å². The lowest BCUT2D eigenvalue weighted by Crippen LogP contribution is -2.27. The standard InChI is InChI=1S/C15H24O4/c1-2-12(16-6-14-8-18-14)4-11-5-13(3-10(1)11)17-7-15-9-19-15/h10-15H,1-9H2. The maximum atomic E-state index is 5.98. The highest BCUT2D eigenvalue weighted by atomic mass is 16.6. The molecule has 2 saturated heterocycles. The molecular weight excluding hydrogens is 244 g/mol. The van der Waals surface area contributed by atoms with Crippen LogP contribution in [0.15, 0.2) is 0 Å². The van der Waals surface area contributed by atoms with Crippen LogP contribution >= 0.6 is 0 Å². The van der Waals surface area contributed by atoms with Crippen LogP contribution < -0.4 is 0 Å². The molecule has 0 spiro atoms. The Balaban J connectivity index is 1.21. The maximum absolute atomic E-state index is 5.98. The largest absolute Gasteiger partial charge is 0.375 e. The predicted octanol–water partition coefficient (Wildman–Crippen LogP) is 1.76. The van der Waals surface area contributed by atoms with Gasteiger partial charge in [-0.05, 0) is 43.9 Å². The van der Waals surface area contributed by atoms with Crippen LogP contribution in [0.3, 0.4) is 0 Å². The molecule has 6 atom stereocenters. The first kappa shape index (κ1) is 12.6. The third-order valence-electron chi connectivity index (χ3n) is 5.06. The summed E-state index contributed by atoms with van der Waals surface area (Å²) < 4.78 is 22.4. The van der Waals surface area contributed by atoms with E-state index >= 15 is 0 Å². The van der Waals surface area contributed by atoms with Gasteiger partial charge in [0.25, 0.3) is 0 Å². The van der Waals surface area contributed by atoms with Crippen molar-refractivity contribution in [3.05, 3.63) is 0 Å². The Morgan fingerprint density at radius 3 is 2.00 bits per heavy atom. The first-order valence-corrected chi connectivity index (χ1v) is 7.83. The van der Waals surface area contributed by atoms with Crippen molar-refractivity contribution in [2.75, 3.05) is 26.4 Å². The number of ether oxygens (including phenoxy) is 4. The monoisotopic (exact) mass is 268 g/mol. The smallest absolute Gasteiger partial charge is 0.104 e. The molecule has 0 radical (unpaired) electrons. The molecule has 4 nitrogen and oxygen atoms in total. The molecule has 2 aliphatic heterocycles. The summed E-state index contributed by atoms with van der Waals surface area (Å²) in [5, 5.41) is 0. The minimum atomic E-state index is 0.399. The summed E-state index contributed by atoms with van der Waals surface area (Å²) in [6, 6.07) is 0. The molecule has 108 valence electrons. The zero-order valence-corrected chi connectivity index (χ0v) is 11.5. The lowest BCUT2D eigenvalue weighted by atomic mass is 9.80. The van der Waals surface area contributed by atoms with Crippen molar-refractivity contribution in [2.24, 2.45) is 11.8 Å². The van der Waals surface area contributed by atoms with E-state index in [4.69, 9.17) is 18.9 Å². The van der Waals surface area contributed by atoms with Crippen LogP contribution in [0.2, 0.25) is 0 Å². The van der Waals surface area contributed by atoms with Gasteiger partial charge in [-0.15, -0.1) is 0 Å². The Hall–Kier alpha value is -0.160.